The number of rotatable bonds is 5. The summed E-state index contributed by atoms with van der Waals surface area (Å²) in [5.41, 5.74) is -1.25. The number of aliphatic hydroxyl groups is 1. The van der Waals surface area contributed by atoms with Gasteiger partial charge in [-0.3, -0.25) is 9.59 Å². The second kappa shape index (κ2) is 5.99. The number of carbonyl (C=O) groups is 2. The van der Waals surface area contributed by atoms with Crippen molar-refractivity contribution < 1.29 is 24.2 Å². The first kappa shape index (κ1) is 16.3. The Labute approximate surface area is 142 Å². The van der Waals surface area contributed by atoms with Crippen LogP contribution in [0.25, 0.3) is 0 Å². The van der Waals surface area contributed by atoms with Crippen molar-refractivity contribution in [3.8, 4) is 0 Å². The summed E-state index contributed by atoms with van der Waals surface area (Å²) >= 11 is 0. The van der Waals surface area contributed by atoms with Crippen LogP contribution in [-0.2, 0) is 19.1 Å². The van der Waals surface area contributed by atoms with Gasteiger partial charge in [-0.2, -0.15) is 0 Å². The van der Waals surface area contributed by atoms with Crippen LogP contribution in [0, 0.1) is 17.3 Å². The predicted octanol–water partition coefficient (Wildman–Crippen LogP) is 1.16. The highest BCUT2D eigenvalue weighted by Crippen LogP contribution is 2.61. The van der Waals surface area contributed by atoms with E-state index in [4.69, 9.17) is 9.47 Å². The SMILES string of the molecule is O=C(COC(=O)C12C[C@@H]3C[C@@H](CC(O)(C3)C1)C2)NC[C@H]1CCCO1. The van der Waals surface area contributed by atoms with Gasteiger partial charge in [0.25, 0.3) is 5.91 Å². The maximum absolute atomic E-state index is 12.7. The zero-order valence-corrected chi connectivity index (χ0v) is 14.1. The molecule has 4 saturated carbocycles. The Morgan fingerprint density at radius 2 is 1.96 bits per heavy atom. The van der Waals surface area contributed by atoms with Crippen LogP contribution in [0.15, 0.2) is 0 Å². The number of hydrogen-bond acceptors (Lipinski definition) is 5. The molecule has 0 spiro atoms. The molecule has 5 atom stereocenters. The van der Waals surface area contributed by atoms with Gasteiger partial charge in [0.05, 0.1) is 17.1 Å². The molecule has 1 amide bonds. The Morgan fingerprint density at radius 1 is 1.21 bits per heavy atom. The summed E-state index contributed by atoms with van der Waals surface area (Å²) in [5, 5.41) is 13.5. The number of amides is 1. The lowest BCUT2D eigenvalue weighted by Crippen LogP contribution is -2.58. The Morgan fingerprint density at radius 3 is 2.58 bits per heavy atom. The lowest BCUT2D eigenvalue weighted by Gasteiger charge is -2.58. The highest BCUT2D eigenvalue weighted by Gasteiger charge is 2.60. The van der Waals surface area contributed by atoms with Crippen molar-refractivity contribution in [3.05, 3.63) is 0 Å². The largest absolute Gasteiger partial charge is 0.455 e. The van der Waals surface area contributed by atoms with Crippen molar-refractivity contribution in [2.75, 3.05) is 19.8 Å². The third-order valence-corrected chi connectivity index (χ3v) is 6.35. The predicted molar refractivity (Wildman–Crippen MR) is 85.0 cm³/mol. The molecular formula is C18H27NO5. The van der Waals surface area contributed by atoms with Gasteiger partial charge < -0.3 is 19.9 Å². The van der Waals surface area contributed by atoms with Crippen LogP contribution in [0.4, 0.5) is 0 Å². The zero-order valence-electron chi connectivity index (χ0n) is 14.1. The molecule has 1 aliphatic heterocycles. The second-order valence-corrected chi connectivity index (χ2v) is 8.48. The van der Waals surface area contributed by atoms with Gasteiger partial charge in [-0.15, -0.1) is 0 Å². The fourth-order valence-electron chi connectivity index (χ4n) is 5.82. The molecule has 134 valence electrons. The summed E-state index contributed by atoms with van der Waals surface area (Å²) in [6, 6.07) is 0. The molecule has 6 nitrogen and oxygen atoms in total. The van der Waals surface area contributed by atoms with Crippen molar-refractivity contribution in [3.63, 3.8) is 0 Å². The molecule has 4 bridgehead atoms. The monoisotopic (exact) mass is 337 g/mol. The average Bonchev–Trinajstić information content (AvgIpc) is 3.01. The standard InChI is InChI=1S/C18H27NO5/c20-15(19-9-14-2-1-3-23-14)10-24-16(21)17-5-12-4-13(6-17)8-18(22,7-12)11-17/h12-14,22H,1-11H2,(H,19,20)/t12-,13+,14-,17?,18?/m1/s1. The van der Waals surface area contributed by atoms with Crippen LogP contribution >= 0.6 is 0 Å². The van der Waals surface area contributed by atoms with Crippen LogP contribution in [0.5, 0.6) is 0 Å². The summed E-state index contributed by atoms with van der Waals surface area (Å²) < 4.78 is 10.8. The Hall–Kier alpha value is -1.14. The third-order valence-electron chi connectivity index (χ3n) is 6.35. The summed E-state index contributed by atoms with van der Waals surface area (Å²) in [6.45, 7) is 0.996. The first-order chi connectivity index (χ1) is 11.5. The van der Waals surface area contributed by atoms with E-state index in [1.54, 1.807) is 0 Å². The van der Waals surface area contributed by atoms with Crippen molar-refractivity contribution >= 4 is 11.9 Å². The quantitative estimate of drug-likeness (QED) is 0.735. The van der Waals surface area contributed by atoms with Crippen LogP contribution in [-0.4, -0.2) is 48.4 Å². The van der Waals surface area contributed by atoms with Crippen molar-refractivity contribution in [1.82, 2.24) is 5.32 Å². The van der Waals surface area contributed by atoms with Gasteiger partial charge in [0.2, 0.25) is 0 Å². The Kier molecular flexibility index (Phi) is 4.07. The highest BCUT2D eigenvalue weighted by molar-refractivity contribution is 5.83. The summed E-state index contributed by atoms with van der Waals surface area (Å²) in [6.07, 6.45) is 6.96. The normalized spacial score (nSPS) is 43.0. The van der Waals surface area contributed by atoms with E-state index in [1.807, 2.05) is 0 Å². The first-order valence-corrected chi connectivity index (χ1v) is 9.24. The minimum atomic E-state index is -0.689. The zero-order chi connectivity index (χ0) is 16.8. The topological polar surface area (TPSA) is 84.9 Å². The number of hydrogen-bond donors (Lipinski definition) is 2. The molecule has 1 heterocycles. The molecule has 5 aliphatic rings. The summed E-state index contributed by atoms with van der Waals surface area (Å²) in [5.74, 6) is 0.291. The number of esters is 1. The molecule has 2 N–H and O–H groups in total. The van der Waals surface area contributed by atoms with Crippen molar-refractivity contribution in [1.29, 1.82) is 0 Å². The molecule has 0 radical (unpaired) electrons. The summed E-state index contributed by atoms with van der Waals surface area (Å²) in [7, 11) is 0. The molecule has 5 fully saturated rings. The van der Waals surface area contributed by atoms with Gasteiger partial charge in [-0.1, -0.05) is 0 Å². The van der Waals surface area contributed by atoms with Gasteiger partial charge in [0.1, 0.15) is 0 Å². The van der Waals surface area contributed by atoms with E-state index in [2.05, 4.69) is 5.32 Å². The first-order valence-electron chi connectivity index (χ1n) is 9.24. The van der Waals surface area contributed by atoms with E-state index in [0.717, 1.165) is 51.6 Å². The van der Waals surface area contributed by atoms with Crippen LogP contribution in [0.3, 0.4) is 0 Å². The van der Waals surface area contributed by atoms with Crippen LogP contribution in [0.2, 0.25) is 0 Å². The maximum atomic E-state index is 12.7. The number of nitrogens with one attached hydrogen (secondary N) is 1. The van der Waals surface area contributed by atoms with Gasteiger partial charge >= 0.3 is 5.97 Å². The molecule has 6 heteroatoms. The van der Waals surface area contributed by atoms with Crippen molar-refractivity contribution in [2.45, 2.75) is 63.1 Å². The summed E-state index contributed by atoms with van der Waals surface area (Å²) in [4.78, 5) is 24.6. The van der Waals surface area contributed by atoms with E-state index in [1.165, 1.54) is 0 Å². The smallest absolute Gasteiger partial charge is 0.312 e. The maximum Gasteiger partial charge on any atom is 0.312 e. The molecule has 0 aromatic carbocycles. The fraction of sp³-hybridized carbons (Fsp3) is 0.889. The highest BCUT2D eigenvalue weighted by atomic mass is 16.5. The molecule has 5 rings (SSSR count). The second-order valence-electron chi connectivity index (χ2n) is 8.48. The number of ether oxygens (including phenoxy) is 2. The lowest BCUT2D eigenvalue weighted by molar-refractivity contribution is -0.196. The number of carbonyl (C=O) groups excluding carboxylic acids is 2. The minimum Gasteiger partial charge on any atom is -0.455 e. The molecule has 1 saturated heterocycles. The van der Waals surface area contributed by atoms with Gasteiger partial charge in [-0.25, -0.2) is 0 Å². The van der Waals surface area contributed by atoms with E-state index in [0.29, 0.717) is 24.8 Å². The molecule has 4 aliphatic carbocycles. The van der Waals surface area contributed by atoms with E-state index in [-0.39, 0.29) is 24.6 Å². The molecule has 2 unspecified atom stereocenters. The van der Waals surface area contributed by atoms with Crippen LogP contribution in [0.1, 0.15) is 51.4 Å². The fourth-order valence-corrected chi connectivity index (χ4v) is 5.82. The van der Waals surface area contributed by atoms with Gasteiger partial charge in [0.15, 0.2) is 6.61 Å². The van der Waals surface area contributed by atoms with Gasteiger partial charge in [-0.05, 0) is 63.2 Å². The minimum absolute atomic E-state index is 0.0852. The molecule has 24 heavy (non-hydrogen) atoms. The lowest BCUT2D eigenvalue weighted by atomic mass is 9.48. The van der Waals surface area contributed by atoms with E-state index >= 15 is 0 Å². The average molecular weight is 337 g/mol. The third kappa shape index (κ3) is 3.06. The van der Waals surface area contributed by atoms with Crippen molar-refractivity contribution in [2.24, 2.45) is 17.3 Å². The molecular weight excluding hydrogens is 310 g/mol. The van der Waals surface area contributed by atoms with E-state index in [9.17, 15) is 14.7 Å². The van der Waals surface area contributed by atoms with E-state index < -0.39 is 11.0 Å². The Bertz CT molecular complexity index is 514. The molecule has 0 aromatic heterocycles. The van der Waals surface area contributed by atoms with Crippen LogP contribution < -0.4 is 5.32 Å². The Balaban J connectivity index is 1.29. The molecule has 0 aromatic rings. The van der Waals surface area contributed by atoms with Gasteiger partial charge in [0, 0.05) is 13.2 Å².